The normalized spacial score (nSPS) is 10.9. The third-order valence-electron chi connectivity index (χ3n) is 6.13. The zero-order valence-corrected chi connectivity index (χ0v) is 26.4. The molecule has 0 fully saturated rings. The highest BCUT2D eigenvalue weighted by atomic mass is 16.6. The van der Waals surface area contributed by atoms with Gasteiger partial charge < -0.3 is 33.2 Å². The predicted molar refractivity (Wildman–Crippen MR) is 162 cm³/mol. The van der Waals surface area contributed by atoms with E-state index < -0.39 is 17.4 Å². The van der Waals surface area contributed by atoms with Crippen molar-refractivity contribution >= 4 is 11.9 Å². The van der Waals surface area contributed by atoms with Crippen LogP contribution in [0.15, 0.2) is 42.5 Å². The van der Waals surface area contributed by atoms with E-state index in [0.717, 1.165) is 5.56 Å². The molecular formula is C33H44O9. The van der Waals surface area contributed by atoms with Gasteiger partial charge in [0.25, 0.3) is 0 Å². The van der Waals surface area contributed by atoms with Crippen molar-refractivity contribution in [2.45, 2.75) is 67.7 Å². The van der Waals surface area contributed by atoms with Crippen molar-refractivity contribution in [1.29, 1.82) is 0 Å². The lowest BCUT2D eigenvalue weighted by atomic mass is 9.76. The first-order chi connectivity index (χ1) is 19.9. The minimum Gasteiger partial charge on any atom is -0.490 e. The standard InChI is InChI=1S/C33H44O9/c1-12-36-25-19-23(27(38-14-3)30(40-16-5)29(25)42-32(35)21(8)9)33(10,11)22-17-18-24(41-31(34)20(6)7)28(39-15-4)26(22)37-13-2/h17-19H,6,8,12-16H2,1-5,7,9-11H3. The van der Waals surface area contributed by atoms with E-state index in [1.807, 2.05) is 54.5 Å². The Morgan fingerprint density at radius 2 is 1.05 bits per heavy atom. The number of hydrogen-bond acceptors (Lipinski definition) is 9. The van der Waals surface area contributed by atoms with Gasteiger partial charge in [0, 0.05) is 27.7 Å². The molecule has 42 heavy (non-hydrogen) atoms. The molecule has 9 heteroatoms. The quantitative estimate of drug-likeness (QED) is 0.118. The van der Waals surface area contributed by atoms with Crippen LogP contribution in [0.5, 0.6) is 40.2 Å². The highest BCUT2D eigenvalue weighted by molar-refractivity contribution is 5.90. The van der Waals surface area contributed by atoms with Gasteiger partial charge in [-0.1, -0.05) is 33.1 Å². The highest BCUT2D eigenvalue weighted by Crippen LogP contribution is 2.54. The molecule has 0 saturated carbocycles. The summed E-state index contributed by atoms with van der Waals surface area (Å²) in [5, 5.41) is 0. The summed E-state index contributed by atoms with van der Waals surface area (Å²) < 4.78 is 41.6. The highest BCUT2D eigenvalue weighted by Gasteiger charge is 2.37. The summed E-state index contributed by atoms with van der Waals surface area (Å²) in [6, 6.07) is 5.27. The van der Waals surface area contributed by atoms with E-state index in [1.54, 1.807) is 26.0 Å². The molecular weight excluding hydrogens is 540 g/mol. The van der Waals surface area contributed by atoms with E-state index in [4.69, 9.17) is 33.2 Å². The van der Waals surface area contributed by atoms with Crippen molar-refractivity contribution < 1.29 is 42.7 Å². The van der Waals surface area contributed by atoms with Crippen LogP contribution in [0, 0.1) is 0 Å². The molecule has 0 N–H and O–H groups in total. The monoisotopic (exact) mass is 584 g/mol. The summed E-state index contributed by atoms with van der Waals surface area (Å²) in [7, 11) is 0. The molecule has 0 aliphatic carbocycles. The Labute approximate surface area is 249 Å². The van der Waals surface area contributed by atoms with Crippen molar-refractivity contribution in [2.75, 3.05) is 33.0 Å². The average molecular weight is 585 g/mol. The second-order valence-electron chi connectivity index (χ2n) is 9.81. The van der Waals surface area contributed by atoms with Gasteiger partial charge in [-0.25, -0.2) is 9.59 Å². The molecule has 9 nitrogen and oxygen atoms in total. The van der Waals surface area contributed by atoms with Gasteiger partial charge in [-0.2, -0.15) is 0 Å². The first-order valence-corrected chi connectivity index (χ1v) is 14.2. The Hall–Kier alpha value is -4.14. The number of esters is 2. The van der Waals surface area contributed by atoms with Gasteiger partial charge in [-0.15, -0.1) is 0 Å². The Bertz CT molecular complexity index is 1310. The molecule has 2 aromatic rings. The van der Waals surface area contributed by atoms with Gasteiger partial charge >= 0.3 is 11.9 Å². The topological polar surface area (TPSA) is 98.8 Å². The van der Waals surface area contributed by atoms with Gasteiger partial charge in [0.1, 0.15) is 0 Å². The fraction of sp³-hybridized carbons (Fsp3) is 0.455. The second-order valence-corrected chi connectivity index (χ2v) is 9.81. The maximum absolute atomic E-state index is 12.6. The van der Waals surface area contributed by atoms with Crippen LogP contribution in [-0.2, 0) is 15.0 Å². The van der Waals surface area contributed by atoms with Crippen LogP contribution in [0.25, 0.3) is 0 Å². The van der Waals surface area contributed by atoms with E-state index >= 15 is 0 Å². The van der Waals surface area contributed by atoms with Crippen LogP contribution in [0.3, 0.4) is 0 Å². The molecule has 0 radical (unpaired) electrons. The fourth-order valence-electron chi connectivity index (χ4n) is 4.18. The van der Waals surface area contributed by atoms with Gasteiger partial charge in [-0.3, -0.25) is 0 Å². The summed E-state index contributed by atoms with van der Waals surface area (Å²) in [6.07, 6.45) is 0. The lowest BCUT2D eigenvalue weighted by molar-refractivity contribution is -0.131. The lowest BCUT2D eigenvalue weighted by Crippen LogP contribution is -2.23. The number of rotatable bonds is 16. The van der Waals surface area contributed by atoms with E-state index in [1.165, 1.54) is 0 Å². The molecule has 0 aliphatic rings. The SMILES string of the molecule is C=C(C)C(=O)Oc1ccc(C(C)(C)c2cc(OCC)c(OC(=O)C(=C)C)c(OCC)c2OCC)c(OCC)c1OCC. The number of benzene rings is 2. The Kier molecular flexibility index (Phi) is 12.3. The van der Waals surface area contributed by atoms with Crippen LogP contribution in [0.2, 0.25) is 0 Å². The molecule has 0 spiro atoms. The number of carbonyl (C=O) groups is 2. The zero-order valence-electron chi connectivity index (χ0n) is 26.4. The largest absolute Gasteiger partial charge is 0.490 e. The average Bonchev–Trinajstić information content (AvgIpc) is 2.93. The van der Waals surface area contributed by atoms with Crippen LogP contribution in [0.1, 0.15) is 73.4 Å². The molecule has 0 saturated heterocycles. The fourth-order valence-corrected chi connectivity index (χ4v) is 4.18. The van der Waals surface area contributed by atoms with Crippen LogP contribution in [-0.4, -0.2) is 45.0 Å². The minimum absolute atomic E-state index is 0.108. The van der Waals surface area contributed by atoms with Crippen molar-refractivity contribution in [1.82, 2.24) is 0 Å². The Balaban J connectivity index is 2.98. The maximum atomic E-state index is 12.6. The van der Waals surface area contributed by atoms with Crippen molar-refractivity contribution in [3.05, 3.63) is 53.6 Å². The number of ether oxygens (including phenoxy) is 7. The molecule has 0 heterocycles. The molecule has 0 aliphatic heterocycles. The van der Waals surface area contributed by atoms with Gasteiger partial charge in [0.15, 0.2) is 23.0 Å². The number of hydrogen-bond donors (Lipinski definition) is 0. The van der Waals surface area contributed by atoms with Gasteiger partial charge in [0.2, 0.25) is 17.2 Å². The predicted octanol–water partition coefficient (Wildman–Crippen LogP) is 6.97. The molecule has 0 bridgehead atoms. The number of carbonyl (C=O) groups excluding carboxylic acids is 2. The van der Waals surface area contributed by atoms with Crippen molar-refractivity contribution in [2.24, 2.45) is 0 Å². The van der Waals surface area contributed by atoms with E-state index in [0.29, 0.717) is 55.0 Å². The Morgan fingerprint density at radius 1 is 0.595 bits per heavy atom. The van der Waals surface area contributed by atoms with Gasteiger partial charge in [0.05, 0.1) is 33.0 Å². The zero-order chi connectivity index (χ0) is 31.6. The summed E-state index contributed by atoms with van der Waals surface area (Å²) in [6.45, 7) is 25.2. The summed E-state index contributed by atoms with van der Waals surface area (Å²) >= 11 is 0. The van der Waals surface area contributed by atoms with Crippen molar-refractivity contribution in [3.8, 4) is 40.2 Å². The maximum Gasteiger partial charge on any atom is 0.338 e. The minimum atomic E-state index is -0.827. The van der Waals surface area contributed by atoms with Crippen molar-refractivity contribution in [3.63, 3.8) is 0 Å². The van der Waals surface area contributed by atoms with E-state index in [9.17, 15) is 9.59 Å². The molecule has 0 unspecified atom stereocenters. The van der Waals surface area contributed by atoms with Crippen LogP contribution < -0.4 is 33.2 Å². The second kappa shape index (κ2) is 15.2. The van der Waals surface area contributed by atoms with Crippen LogP contribution >= 0.6 is 0 Å². The summed E-state index contributed by atoms with van der Waals surface area (Å²) in [5.41, 5.74) is 1.05. The smallest absolute Gasteiger partial charge is 0.338 e. The van der Waals surface area contributed by atoms with E-state index in [-0.39, 0.29) is 35.0 Å². The molecule has 0 aromatic heterocycles. The lowest BCUT2D eigenvalue weighted by Gasteiger charge is -2.32. The van der Waals surface area contributed by atoms with Crippen LogP contribution in [0.4, 0.5) is 0 Å². The molecule has 0 amide bonds. The molecule has 2 aromatic carbocycles. The molecule has 0 atom stereocenters. The third kappa shape index (κ3) is 7.57. The Morgan fingerprint density at radius 3 is 1.55 bits per heavy atom. The summed E-state index contributed by atoms with van der Waals surface area (Å²) in [5.74, 6) is 0.747. The third-order valence-corrected chi connectivity index (χ3v) is 6.13. The summed E-state index contributed by atoms with van der Waals surface area (Å²) in [4.78, 5) is 25.0. The van der Waals surface area contributed by atoms with Gasteiger partial charge in [-0.05, 0) is 60.6 Å². The molecule has 2 rings (SSSR count). The first-order valence-electron chi connectivity index (χ1n) is 14.2. The molecule has 230 valence electrons. The van der Waals surface area contributed by atoms with E-state index in [2.05, 4.69) is 13.2 Å². The first kappa shape index (κ1) is 34.1.